The van der Waals surface area contributed by atoms with Gasteiger partial charge < -0.3 is 10.1 Å². The highest BCUT2D eigenvalue weighted by Gasteiger charge is 2.64. The minimum Gasteiger partial charge on any atom is -0.466 e. The highest BCUT2D eigenvalue weighted by molar-refractivity contribution is 5.69. The van der Waals surface area contributed by atoms with Gasteiger partial charge in [0, 0.05) is 12.5 Å². The average Bonchev–Trinajstić information content (AvgIpc) is 2.65. The molecule has 0 aromatic rings. The molecule has 0 radical (unpaired) electrons. The van der Waals surface area contributed by atoms with E-state index in [4.69, 9.17) is 4.74 Å². The maximum atomic E-state index is 11.1. The maximum absolute atomic E-state index is 11.1. The summed E-state index contributed by atoms with van der Waals surface area (Å²) in [6.07, 6.45) is 3.74. The SMILES string of the molecule is CCOC(=O)CCCCCNC1C(C)(C)C1(C)C. The predicted molar refractivity (Wildman–Crippen MR) is 74.5 cm³/mol. The van der Waals surface area contributed by atoms with E-state index in [-0.39, 0.29) is 5.97 Å². The fourth-order valence-electron chi connectivity index (χ4n) is 2.76. The first-order chi connectivity index (χ1) is 8.34. The second kappa shape index (κ2) is 6.05. The molecule has 0 bridgehead atoms. The van der Waals surface area contributed by atoms with Crippen molar-refractivity contribution in [1.29, 1.82) is 0 Å². The van der Waals surface area contributed by atoms with Gasteiger partial charge in [0.25, 0.3) is 0 Å². The highest BCUT2D eigenvalue weighted by atomic mass is 16.5. The molecule has 0 saturated heterocycles. The molecule has 1 rings (SSSR count). The van der Waals surface area contributed by atoms with Gasteiger partial charge in [-0.3, -0.25) is 4.79 Å². The van der Waals surface area contributed by atoms with Gasteiger partial charge >= 0.3 is 5.97 Å². The molecule has 18 heavy (non-hydrogen) atoms. The largest absolute Gasteiger partial charge is 0.466 e. The van der Waals surface area contributed by atoms with Crippen LogP contribution in [0.5, 0.6) is 0 Å². The number of ether oxygens (including phenoxy) is 1. The van der Waals surface area contributed by atoms with Gasteiger partial charge in [-0.25, -0.2) is 0 Å². The Morgan fingerprint density at radius 3 is 2.22 bits per heavy atom. The van der Waals surface area contributed by atoms with Crippen LogP contribution < -0.4 is 5.32 Å². The lowest BCUT2D eigenvalue weighted by molar-refractivity contribution is -0.143. The van der Waals surface area contributed by atoms with E-state index in [1.165, 1.54) is 0 Å². The minimum atomic E-state index is -0.0603. The van der Waals surface area contributed by atoms with Gasteiger partial charge in [-0.1, -0.05) is 34.1 Å². The molecule has 0 aromatic heterocycles. The number of unbranched alkanes of at least 4 members (excludes halogenated alkanes) is 2. The van der Waals surface area contributed by atoms with Crippen molar-refractivity contribution in [2.24, 2.45) is 10.8 Å². The molecule has 0 unspecified atom stereocenters. The van der Waals surface area contributed by atoms with Gasteiger partial charge in [0.05, 0.1) is 6.61 Å². The predicted octanol–water partition coefficient (Wildman–Crippen LogP) is 3.13. The van der Waals surface area contributed by atoms with Crippen molar-refractivity contribution in [3.05, 3.63) is 0 Å². The van der Waals surface area contributed by atoms with Crippen molar-refractivity contribution < 1.29 is 9.53 Å². The lowest BCUT2D eigenvalue weighted by Crippen LogP contribution is -2.23. The van der Waals surface area contributed by atoms with Gasteiger partial charge in [0.15, 0.2) is 0 Å². The Bertz CT molecular complexity index is 270. The molecule has 3 heteroatoms. The van der Waals surface area contributed by atoms with Crippen LogP contribution in [0.15, 0.2) is 0 Å². The van der Waals surface area contributed by atoms with Crippen LogP contribution >= 0.6 is 0 Å². The molecule has 0 spiro atoms. The van der Waals surface area contributed by atoms with E-state index >= 15 is 0 Å². The van der Waals surface area contributed by atoms with Crippen molar-refractivity contribution in [3.63, 3.8) is 0 Å². The normalized spacial score (nSPS) is 20.7. The highest BCUT2D eigenvalue weighted by Crippen LogP contribution is 2.62. The molecule has 0 atom stereocenters. The van der Waals surface area contributed by atoms with Crippen molar-refractivity contribution in [1.82, 2.24) is 5.32 Å². The average molecular weight is 255 g/mol. The fraction of sp³-hybridized carbons (Fsp3) is 0.933. The van der Waals surface area contributed by atoms with Crippen LogP contribution in [0.4, 0.5) is 0 Å². The lowest BCUT2D eigenvalue weighted by atomic mass is 10.0. The molecule has 0 aromatic carbocycles. The van der Waals surface area contributed by atoms with E-state index in [1.807, 2.05) is 6.92 Å². The molecular formula is C15H29NO2. The summed E-state index contributed by atoms with van der Waals surface area (Å²) in [5.74, 6) is -0.0603. The van der Waals surface area contributed by atoms with Crippen LogP contribution in [0, 0.1) is 10.8 Å². The van der Waals surface area contributed by atoms with Crippen LogP contribution in [0.3, 0.4) is 0 Å². The van der Waals surface area contributed by atoms with Gasteiger partial charge in [0.1, 0.15) is 0 Å². The van der Waals surface area contributed by atoms with E-state index in [0.717, 1.165) is 25.8 Å². The molecule has 1 aliphatic carbocycles. The molecule has 3 nitrogen and oxygen atoms in total. The summed E-state index contributed by atoms with van der Waals surface area (Å²) in [6, 6.07) is 0.634. The summed E-state index contributed by atoms with van der Waals surface area (Å²) in [6.45, 7) is 12.7. The standard InChI is InChI=1S/C15H29NO2/c1-6-18-12(17)10-8-7-9-11-16-13-14(2,3)15(13,4)5/h13,16H,6-11H2,1-5H3. The Morgan fingerprint density at radius 2 is 1.72 bits per heavy atom. The summed E-state index contributed by atoms with van der Waals surface area (Å²) in [5.41, 5.74) is 0.829. The number of hydrogen-bond donors (Lipinski definition) is 1. The molecule has 0 aliphatic heterocycles. The quantitative estimate of drug-likeness (QED) is 0.535. The third kappa shape index (κ3) is 3.47. The molecule has 0 amide bonds. The van der Waals surface area contributed by atoms with Crippen molar-refractivity contribution in [3.8, 4) is 0 Å². The van der Waals surface area contributed by atoms with Crippen LogP contribution in [-0.4, -0.2) is 25.2 Å². The monoisotopic (exact) mass is 255 g/mol. The first kappa shape index (κ1) is 15.5. The second-order valence-corrected chi connectivity index (χ2v) is 6.45. The van der Waals surface area contributed by atoms with E-state index in [9.17, 15) is 4.79 Å². The topological polar surface area (TPSA) is 38.3 Å². The Kier molecular flexibility index (Phi) is 5.20. The third-order valence-electron chi connectivity index (χ3n) is 4.73. The van der Waals surface area contributed by atoms with Gasteiger partial charge in [0.2, 0.25) is 0 Å². The molecule has 0 heterocycles. The Morgan fingerprint density at radius 1 is 1.11 bits per heavy atom. The number of carbonyl (C=O) groups is 1. The van der Waals surface area contributed by atoms with Gasteiger partial charge in [-0.2, -0.15) is 0 Å². The van der Waals surface area contributed by atoms with Gasteiger partial charge in [-0.05, 0) is 37.1 Å². The summed E-state index contributed by atoms with van der Waals surface area (Å²) in [5, 5.41) is 3.63. The van der Waals surface area contributed by atoms with E-state index < -0.39 is 0 Å². The van der Waals surface area contributed by atoms with Crippen molar-refractivity contribution in [2.45, 2.75) is 66.3 Å². The smallest absolute Gasteiger partial charge is 0.305 e. The zero-order valence-corrected chi connectivity index (χ0v) is 12.6. The number of hydrogen-bond acceptors (Lipinski definition) is 3. The van der Waals surface area contributed by atoms with Crippen LogP contribution in [-0.2, 0) is 9.53 Å². The third-order valence-corrected chi connectivity index (χ3v) is 4.73. The molecule has 1 saturated carbocycles. The van der Waals surface area contributed by atoms with Crippen molar-refractivity contribution >= 4 is 5.97 Å². The number of nitrogens with one attached hydrogen (secondary N) is 1. The van der Waals surface area contributed by atoms with Gasteiger partial charge in [-0.15, -0.1) is 0 Å². The zero-order chi connectivity index (χ0) is 13.8. The molecule has 1 N–H and O–H groups in total. The summed E-state index contributed by atoms with van der Waals surface area (Å²) < 4.78 is 4.90. The summed E-state index contributed by atoms with van der Waals surface area (Å²) >= 11 is 0. The Hall–Kier alpha value is -0.570. The first-order valence-corrected chi connectivity index (χ1v) is 7.23. The number of carbonyl (C=O) groups excluding carboxylic acids is 1. The molecule has 106 valence electrons. The van der Waals surface area contributed by atoms with E-state index in [2.05, 4.69) is 33.0 Å². The minimum absolute atomic E-state index is 0.0603. The lowest BCUT2D eigenvalue weighted by Gasteiger charge is -2.06. The number of rotatable bonds is 8. The zero-order valence-electron chi connectivity index (χ0n) is 12.6. The molecular weight excluding hydrogens is 226 g/mol. The maximum Gasteiger partial charge on any atom is 0.305 e. The summed E-state index contributed by atoms with van der Waals surface area (Å²) in [7, 11) is 0. The summed E-state index contributed by atoms with van der Waals surface area (Å²) in [4.78, 5) is 11.1. The molecule has 1 aliphatic rings. The fourth-order valence-corrected chi connectivity index (χ4v) is 2.76. The Labute approximate surface area is 112 Å². The number of esters is 1. The molecule has 1 fully saturated rings. The first-order valence-electron chi connectivity index (χ1n) is 7.23. The van der Waals surface area contributed by atoms with Crippen LogP contribution in [0.1, 0.15) is 60.3 Å². The van der Waals surface area contributed by atoms with E-state index in [0.29, 0.717) is 29.9 Å². The van der Waals surface area contributed by atoms with Crippen molar-refractivity contribution in [2.75, 3.05) is 13.2 Å². The Balaban J connectivity index is 1.99. The van der Waals surface area contributed by atoms with Crippen LogP contribution in [0.25, 0.3) is 0 Å². The second-order valence-electron chi connectivity index (χ2n) is 6.45. The van der Waals surface area contributed by atoms with E-state index in [1.54, 1.807) is 0 Å². The van der Waals surface area contributed by atoms with Crippen LogP contribution in [0.2, 0.25) is 0 Å².